The van der Waals surface area contributed by atoms with Crippen LogP contribution in [0.5, 0.6) is 11.5 Å². The summed E-state index contributed by atoms with van der Waals surface area (Å²) in [6.45, 7) is 0.383. The van der Waals surface area contributed by atoms with Gasteiger partial charge < -0.3 is 15.2 Å². The SMILES string of the molecule is COc1cc(C(=O)NC(N)=S)cc(Br)c1OCc1ccccc1. The Kier molecular flexibility index (Phi) is 5.95. The predicted molar refractivity (Wildman–Crippen MR) is 95.7 cm³/mol. The third-order valence-electron chi connectivity index (χ3n) is 2.95. The van der Waals surface area contributed by atoms with Crippen LogP contribution in [0.4, 0.5) is 0 Å². The number of halogens is 1. The second-order valence-corrected chi connectivity index (χ2v) is 5.88. The standard InChI is InChI=1S/C16H15BrN2O3S/c1-21-13-8-11(15(20)19-16(18)23)7-12(17)14(13)22-9-10-5-3-2-4-6-10/h2-8H,9H2,1H3,(H3,18,19,20,23). The van der Waals surface area contributed by atoms with Crippen molar-refractivity contribution in [3.05, 3.63) is 58.1 Å². The van der Waals surface area contributed by atoms with Gasteiger partial charge in [0.2, 0.25) is 0 Å². The van der Waals surface area contributed by atoms with Gasteiger partial charge in [0.25, 0.3) is 5.91 Å². The Bertz CT molecular complexity index is 723. The first-order valence-corrected chi connectivity index (χ1v) is 7.86. The highest BCUT2D eigenvalue weighted by atomic mass is 79.9. The highest BCUT2D eigenvalue weighted by Crippen LogP contribution is 2.37. The van der Waals surface area contributed by atoms with Crippen LogP contribution in [-0.2, 0) is 6.61 Å². The summed E-state index contributed by atoms with van der Waals surface area (Å²) in [6, 6.07) is 12.9. The molecule has 0 aliphatic rings. The number of ether oxygens (including phenoxy) is 2. The molecule has 0 fully saturated rings. The Labute approximate surface area is 147 Å². The van der Waals surface area contributed by atoms with Crippen molar-refractivity contribution in [2.24, 2.45) is 5.73 Å². The maximum absolute atomic E-state index is 12.0. The fraction of sp³-hybridized carbons (Fsp3) is 0.125. The highest BCUT2D eigenvalue weighted by Gasteiger charge is 2.16. The number of nitrogens with one attached hydrogen (secondary N) is 1. The van der Waals surface area contributed by atoms with Gasteiger partial charge in [-0.3, -0.25) is 10.1 Å². The first-order valence-electron chi connectivity index (χ1n) is 6.66. The lowest BCUT2D eigenvalue weighted by Crippen LogP contribution is -2.34. The molecule has 0 atom stereocenters. The number of carbonyl (C=O) groups excluding carboxylic acids is 1. The van der Waals surface area contributed by atoms with Crippen molar-refractivity contribution < 1.29 is 14.3 Å². The number of carbonyl (C=O) groups is 1. The van der Waals surface area contributed by atoms with Gasteiger partial charge in [-0.25, -0.2) is 0 Å². The van der Waals surface area contributed by atoms with Crippen molar-refractivity contribution >= 4 is 39.2 Å². The lowest BCUT2D eigenvalue weighted by Gasteiger charge is -2.14. The molecule has 0 aliphatic heterocycles. The van der Waals surface area contributed by atoms with Crippen LogP contribution in [0.25, 0.3) is 0 Å². The van der Waals surface area contributed by atoms with Gasteiger partial charge in [-0.05, 0) is 45.8 Å². The molecule has 0 saturated heterocycles. The minimum Gasteiger partial charge on any atom is -0.493 e. The van der Waals surface area contributed by atoms with E-state index in [4.69, 9.17) is 15.2 Å². The maximum Gasteiger partial charge on any atom is 0.257 e. The van der Waals surface area contributed by atoms with Gasteiger partial charge in [-0.15, -0.1) is 0 Å². The Hall–Kier alpha value is -2.12. The molecule has 0 aromatic heterocycles. The zero-order valence-corrected chi connectivity index (χ0v) is 14.7. The molecule has 0 bridgehead atoms. The van der Waals surface area contributed by atoms with Crippen LogP contribution in [0.15, 0.2) is 46.9 Å². The number of rotatable bonds is 5. The minimum absolute atomic E-state index is 0.0884. The molecule has 0 unspecified atom stereocenters. The van der Waals surface area contributed by atoms with Crippen LogP contribution in [0.2, 0.25) is 0 Å². The summed E-state index contributed by atoms with van der Waals surface area (Å²) in [5.41, 5.74) is 6.69. The molecule has 120 valence electrons. The van der Waals surface area contributed by atoms with Crippen LogP contribution < -0.4 is 20.5 Å². The number of benzene rings is 2. The fourth-order valence-corrected chi connectivity index (χ4v) is 2.55. The van der Waals surface area contributed by atoms with E-state index in [1.54, 1.807) is 12.1 Å². The summed E-state index contributed by atoms with van der Waals surface area (Å²) in [4.78, 5) is 12.0. The number of amides is 1. The molecule has 0 heterocycles. The number of methoxy groups -OCH3 is 1. The van der Waals surface area contributed by atoms with Crippen molar-refractivity contribution in [3.8, 4) is 11.5 Å². The van der Waals surface area contributed by atoms with Crippen molar-refractivity contribution in [1.82, 2.24) is 5.32 Å². The normalized spacial score (nSPS) is 10.0. The molecule has 0 saturated carbocycles. The average Bonchev–Trinajstić information content (AvgIpc) is 2.53. The van der Waals surface area contributed by atoms with E-state index in [0.717, 1.165) is 5.56 Å². The summed E-state index contributed by atoms with van der Waals surface area (Å²) >= 11 is 8.06. The number of thiocarbonyl (C=S) groups is 1. The topological polar surface area (TPSA) is 73.6 Å². The number of hydrogen-bond donors (Lipinski definition) is 2. The molecule has 0 spiro atoms. The van der Waals surface area contributed by atoms with E-state index in [0.29, 0.717) is 28.1 Å². The predicted octanol–water partition coefficient (Wildman–Crippen LogP) is 3.01. The van der Waals surface area contributed by atoms with E-state index in [1.807, 2.05) is 30.3 Å². The quantitative estimate of drug-likeness (QED) is 0.762. The molecule has 2 aromatic carbocycles. The van der Waals surface area contributed by atoms with Crippen molar-refractivity contribution in [2.75, 3.05) is 7.11 Å². The van der Waals surface area contributed by atoms with Crippen LogP contribution in [0.1, 0.15) is 15.9 Å². The number of nitrogens with two attached hydrogens (primary N) is 1. The first-order chi connectivity index (χ1) is 11.0. The van der Waals surface area contributed by atoms with Gasteiger partial charge in [0.1, 0.15) is 6.61 Å². The average molecular weight is 395 g/mol. The van der Waals surface area contributed by atoms with Crippen LogP contribution in [0.3, 0.4) is 0 Å². The monoisotopic (exact) mass is 394 g/mol. The maximum atomic E-state index is 12.0. The van der Waals surface area contributed by atoms with Crippen molar-refractivity contribution in [3.63, 3.8) is 0 Å². The van der Waals surface area contributed by atoms with Gasteiger partial charge in [-0.2, -0.15) is 0 Å². The molecule has 0 radical (unpaired) electrons. The zero-order chi connectivity index (χ0) is 16.8. The molecule has 2 aromatic rings. The van der Waals surface area contributed by atoms with E-state index in [1.165, 1.54) is 7.11 Å². The first kappa shape index (κ1) is 17.2. The van der Waals surface area contributed by atoms with Crippen LogP contribution >= 0.6 is 28.1 Å². The summed E-state index contributed by atoms with van der Waals surface area (Å²) < 4.78 is 11.7. The third-order valence-corrected chi connectivity index (χ3v) is 3.65. The molecule has 2 rings (SSSR count). The van der Waals surface area contributed by atoms with E-state index < -0.39 is 5.91 Å². The molecular weight excluding hydrogens is 380 g/mol. The smallest absolute Gasteiger partial charge is 0.257 e. The molecule has 1 amide bonds. The molecule has 0 aliphatic carbocycles. The van der Waals surface area contributed by atoms with E-state index in [-0.39, 0.29) is 5.11 Å². The Balaban J connectivity index is 2.23. The van der Waals surface area contributed by atoms with Gasteiger partial charge in [0.05, 0.1) is 11.6 Å². The highest BCUT2D eigenvalue weighted by molar-refractivity contribution is 9.10. The second-order valence-electron chi connectivity index (χ2n) is 4.58. The zero-order valence-electron chi connectivity index (χ0n) is 12.3. The van der Waals surface area contributed by atoms with Gasteiger partial charge in [-0.1, -0.05) is 30.3 Å². The van der Waals surface area contributed by atoms with Crippen LogP contribution in [0, 0.1) is 0 Å². The third kappa shape index (κ3) is 4.67. The Morgan fingerprint density at radius 1 is 1.30 bits per heavy atom. The van der Waals surface area contributed by atoms with Gasteiger partial charge >= 0.3 is 0 Å². The van der Waals surface area contributed by atoms with E-state index in [2.05, 4.69) is 33.5 Å². The van der Waals surface area contributed by atoms with Gasteiger partial charge in [0, 0.05) is 5.56 Å². The lowest BCUT2D eigenvalue weighted by molar-refractivity contribution is 0.0977. The molecule has 7 heteroatoms. The summed E-state index contributed by atoms with van der Waals surface area (Å²) in [5.74, 6) is 0.540. The van der Waals surface area contributed by atoms with Crippen molar-refractivity contribution in [1.29, 1.82) is 0 Å². The summed E-state index contributed by atoms with van der Waals surface area (Å²) in [5, 5.41) is 2.28. The Morgan fingerprint density at radius 2 is 2.00 bits per heavy atom. The fourth-order valence-electron chi connectivity index (χ4n) is 1.90. The van der Waals surface area contributed by atoms with E-state index in [9.17, 15) is 4.79 Å². The Morgan fingerprint density at radius 3 is 2.61 bits per heavy atom. The molecular formula is C16H15BrN2O3S. The summed E-state index contributed by atoms with van der Waals surface area (Å²) in [6.07, 6.45) is 0. The molecule has 3 N–H and O–H groups in total. The number of hydrogen-bond acceptors (Lipinski definition) is 4. The molecule has 5 nitrogen and oxygen atoms in total. The van der Waals surface area contributed by atoms with Gasteiger partial charge in [0.15, 0.2) is 16.6 Å². The minimum atomic E-state index is -0.411. The summed E-state index contributed by atoms with van der Waals surface area (Å²) in [7, 11) is 1.51. The largest absolute Gasteiger partial charge is 0.493 e. The van der Waals surface area contributed by atoms with E-state index >= 15 is 0 Å². The second kappa shape index (κ2) is 7.94. The van der Waals surface area contributed by atoms with Crippen molar-refractivity contribution in [2.45, 2.75) is 6.61 Å². The lowest BCUT2D eigenvalue weighted by atomic mass is 10.2. The molecule has 23 heavy (non-hydrogen) atoms. The van der Waals surface area contributed by atoms with Crippen LogP contribution in [-0.4, -0.2) is 18.1 Å².